The number of hydrogen-bond acceptors (Lipinski definition) is 4. The number of aromatic nitrogens is 2. The Kier molecular flexibility index (Phi) is 3.25. The Morgan fingerprint density at radius 1 is 1.44 bits per heavy atom. The van der Waals surface area contributed by atoms with Crippen molar-refractivity contribution in [2.75, 3.05) is 6.54 Å². The third kappa shape index (κ3) is 2.43. The molecule has 1 heterocycles. The minimum absolute atomic E-state index is 0.270. The van der Waals surface area contributed by atoms with Crippen LogP contribution in [0.25, 0.3) is 0 Å². The highest BCUT2D eigenvalue weighted by molar-refractivity contribution is 7.89. The largest absolute Gasteiger partial charge is 0.329 e. The number of nitrogens with zero attached hydrogens (tertiary/aromatic N) is 2. The molecule has 1 aliphatic carbocycles. The zero-order valence-electron chi connectivity index (χ0n) is 11.0. The van der Waals surface area contributed by atoms with Crippen molar-refractivity contribution >= 4 is 10.0 Å². The van der Waals surface area contributed by atoms with Crippen LogP contribution in [0.4, 0.5) is 0 Å². The first-order valence-electron chi connectivity index (χ1n) is 6.07. The van der Waals surface area contributed by atoms with Crippen molar-refractivity contribution in [1.29, 1.82) is 0 Å². The Balaban J connectivity index is 2.38. The molecule has 1 fully saturated rings. The van der Waals surface area contributed by atoms with E-state index in [9.17, 15) is 8.42 Å². The van der Waals surface area contributed by atoms with E-state index in [1.807, 2.05) is 6.92 Å². The summed E-state index contributed by atoms with van der Waals surface area (Å²) in [6, 6.07) is 0. The van der Waals surface area contributed by atoms with Gasteiger partial charge in [0.05, 0.1) is 17.9 Å². The summed E-state index contributed by atoms with van der Waals surface area (Å²) in [4.78, 5) is 0.295. The summed E-state index contributed by atoms with van der Waals surface area (Å²) in [6.07, 6.45) is 1.78. The van der Waals surface area contributed by atoms with Gasteiger partial charge < -0.3 is 5.73 Å². The molecular formula is C11H20N4O2S. The van der Waals surface area contributed by atoms with Gasteiger partial charge in [-0.15, -0.1) is 0 Å². The summed E-state index contributed by atoms with van der Waals surface area (Å²) in [7, 11) is -3.49. The fraction of sp³-hybridized carbons (Fsp3) is 0.727. The van der Waals surface area contributed by atoms with E-state index in [0.717, 1.165) is 12.8 Å². The molecule has 7 heteroatoms. The van der Waals surface area contributed by atoms with Gasteiger partial charge in [-0.3, -0.25) is 4.68 Å². The smallest absolute Gasteiger partial charge is 0.244 e. The molecule has 102 valence electrons. The molecule has 3 N–H and O–H groups in total. The third-order valence-electron chi connectivity index (χ3n) is 3.31. The summed E-state index contributed by atoms with van der Waals surface area (Å²) in [5, 5.41) is 4.23. The van der Waals surface area contributed by atoms with Crippen LogP contribution in [0.5, 0.6) is 0 Å². The maximum atomic E-state index is 12.4. The quantitative estimate of drug-likeness (QED) is 0.806. The fourth-order valence-corrected chi connectivity index (χ4v) is 3.95. The lowest BCUT2D eigenvalue weighted by atomic mass is 10.4. The van der Waals surface area contributed by atoms with Crippen LogP contribution in [0.1, 0.15) is 31.2 Å². The summed E-state index contributed by atoms with van der Waals surface area (Å²) < 4.78 is 29.1. The Bertz CT molecular complexity index is 558. The van der Waals surface area contributed by atoms with Crippen LogP contribution in [0.15, 0.2) is 4.90 Å². The molecule has 0 saturated heterocycles. The molecule has 1 aromatic heterocycles. The normalized spacial score (nSPS) is 18.0. The van der Waals surface area contributed by atoms with E-state index in [0.29, 0.717) is 29.4 Å². The van der Waals surface area contributed by atoms with E-state index >= 15 is 0 Å². The van der Waals surface area contributed by atoms with Gasteiger partial charge in [0.25, 0.3) is 0 Å². The van der Waals surface area contributed by atoms with Crippen LogP contribution in [0, 0.1) is 13.8 Å². The minimum Gasteiger partial charge on any atom is -0.329 e. The monoisotopic (exact) mass is 272 g/mol. The van der Waals surface area contributed by atoms with Crippen LogP contribution in [0.3, 0.4) is 0 Å². The zero-order chi connectivity index (χ0) is 13.6. The van der Waals surface area contributed by atoms with Gasteiger partial charge in [-0.05, 0) is 33.6 Å². The minimum atomic E-state index is -3.49. The van der Waals surface area contributed by atoms with Crippen LogP contribution < -0.4 is 10.5 Å². The van der Waals surface area contributed by atoms with Gasteiger partial charge in [0.1, 0.15) is 4.90 Å². The molecule has 2 rings (SSSR count). The van der Waals surface area contributed by atoms with Crippen LogP contribution in [-0.2, 0) is 16.6 Å². The van der Waals surface area contributed by atoms with Gasteiger partial charge in [0.15, 0.2) is 0 Å². The van der Waals surface area contributed by atoms with Crippen molar-refractivity contribution in [1.82, 2.24) is 14.5 Å². The first-order valence-corrected chi connectivity index (χ1v) is 7.55. The second-order valence-electron chi connectivity index (χ2n) is 5.18. The number of hydrogen-bond donors (Lipinski definition) is 2. The van der Waals surface area contributed by atoms with Crippen molar-refractivity contribution in [3.05, 3.63) is 11.4 Å². The van der Waals surface area contributed by atoms with E-state index in [1.54, 1.807) is 18.5 Å². The summed E-state index contributed by atoms with van der Waals surface area (Å²) in [6.45, 7) is 6.36. The molecule has 0 unspecified atom stereocenters. The molecule has 1 aromatic rings. The number of aryl methyl sites for hydroxylation is 1. The molecular weight excluding hydrogens is 252 g/mol. The maximum Gasteiger partial charge on any atom is 0.244 e. The SMILES string of the molecule is Cc1nn(CCN)c(C)c1S(=O)(=O)NC1(C)CC1. The molecule has 0 atom stereocenters. The number of nitrogens with two attached hydrogens (primary N) is 1. The van der Waals surface area contributed by atoms with E-state index in [-0.39, 0.29) is 5.54 Å². The van der Waals surface area contributed by atoms with E-state index in [1.165, 1.54) is 0 Å². The van der Waals surface area contributed by atoms with Gasteiger partial charge in [0, 0.05) is 12.1 Å². The highest BCUT2D eigenvalue weighted by Crippen LogP contribution is 2.36. The Hall–Kier alpha value is -0.920. The molecule has 0 spiro atoms. The highest BCUT2D eigenvalue weighted by atomic mass is 32.2. The third-order valence-corrected chi connectivity index (χ3v) is 5.20. The molecule has 0 aliphatic heterocycles. The Morgan fingerprint density at radius 3 is 2.56 bits per heavy atom. The second-order valence-corrected chi connectivity index (χ2v) is 6.80. The summed E-state index contributed by atoms with van der Waals surface area (Å²) >= 11 is 0. The lowest BCUT2D eigenvalue weighted by molar-refractivity contribution is 0.555. The fourth-order valence-electron chi connectivity index (χ4n) is 2.07. The average Bonchev–Trinajstić information content (AvgIpc) is 2.85. The number of nitrogens with one attached hydrogen (secondary N) is 1. The zero-order valence-corrected chi connectivity index (χ0v) is 11.8. The first-order chi connectivity index (χ1) is 8.29. The topological polar surface area (TPSA) is 90.0 Å². The molecule has 6 nitrogen and oxygen atoms in total. The van der Waals surface area contributed by atoms with E-state index < -0.39 is 10.0 Å². The van der Waals surface area contributed by atoms with Crippen LogP contribution in [0.2, 0.25) is 0 Å². The number of sulfonamides is 1. The van der Waals surface area contributed by atoms with Gasteiger partial charge in [0.2, 0.25) is 10.0 Å². The van der Waals surface area contributed by atoms with Crippen LogP contribution >= 0.6 is 0 Å². The second kappa shape index (κ2) is 4.32. The van der Waals surface area contributed by atoms with Gasteiger partial charge in [-0.2, -0.15) is 5.10 Å². The maximum absolute atomic E-state index is 12.4. The standard InChI is InChI=1S/C11H20N4O2S/c1-8-10(9(2)15(13-8)7-6-12)18(16,17)14-11(3)4-5-11/h14H,4-7,12H2,1-3H3. The summed E-state index contributed by atoms with van der Waals surface area (Å²) in [5.41, 5.74) is 6.39. The molecule has 1 aliphatic rings. The van der Waals surface area contributed by atoms with Gasteiger partial charge in [-0.1, -0.05) is 0 Å². The summed E-state index contributed by atoms with van der Waals surface area (Å²) in [5.74, 6) is 0. The van der Waals surface area contributed by atoms with Gasteiger partial charge >= 0.3 is 0 Å². The molecule has 0 aromatic carbocycles. The highest BCUT2D eigenvalue weighted by Gasteiger charge is 2.42. The van der Waals surface area contributed by atoms with E-state index in [4.69, 9.17) is 5.73 Å². The average molecular weight is 272 g/mol. The van der Waals surface area contributed by atoms with Crippen molar-refractivity contribution < 1.29 is 8.42 Å². The molecule has 1 saturated carbocycles. The molecule has 0 radical (unpaired) electrons. The first kappa shape index (κ1) is 13.5. The van der Waals surface area contributed by atoms with Crippen molar-refractivity contribution in [3.8, 4) is 0 Å². The van der Waals surface area contributed by atoms with Crippen molar-refractivity contribution in [2.45, 2.75) is 50.6 Å². The lowest BCUT2D eigenvalue weighted by Crippen LogP contribution is -2.34. The van der Waals surface area contributed by atoms with Crippen molar-refractivity contribution in [3.63, 3.8) is 0 Å². The number of rotatable bonds is 5. The Labute approximate surface area is 108 Å². The van der Waals surface area contributed by atoms with Crippen LogP contribution in [-0.4, -0.2) is 30.3 Å². The lowest BCUT2D eigenvalue weighted by Gasteiger charge is -2.12. The predicted molar refractivity (Wildman–Crippen MR) is 68.7 cm³/mol. The molecule has 0 bridgehead atoms. The molecule has 18 heavy (non-hydrogen) atoms. The van der Waals surface area contributed by atoms with E-state index in [2.05, 4.69) is 9.82 Å². The Morgan fingerprint density at radius 2 is 2.06 bits per heavy atom. The molecule has 0 amide bonds. The van der Waals surface area contributed by atoms with Crippen molar-refractivity contribution in [2.24, 2.45) is 5.73 Å². The predicted octanol–water partition coefficient (Wildman–Crippen LogP) is 0.289. The van der Waals surface area contributed by atoms with Gasteiger partial charge in [-0.25, -0.2) is 13.1 Å².